The van der Waals surface area contributed by atoms with E-state index in [2.05, 4.69) is 43.1 Å². The minimum atomic E-state index is -3.64. The summed E-state index contributed by atoms with van der Waals surface area (Å²) < 4.78 is 26.5. The molecule has 118 valence electrons. The Balaban J connectivity index is 3.14. The first kappa shape index (κ1) is 18.4. The molecule has 0 heterocycles. The Morgan fingerprint density at radius 3 is 2.18 bits per heavy atom. The van der Waals surface area contributed by atoms with E-state index in [1.165, 1.54) is 0 Å². The highest BCUT2D eigenvalue weighted by atomic mass is 32.2. The predicted molar refractivity (Wildman–Crippen MR) is 94.3 cm³/mol. The zero-order valence-corrected chi connectivity index (χ0v) is 15.7. The molecule has 0 aliphatic rings. The van der Waals surface area contributed by atoms with Crippen LogP contribution in [0.25, 0.3) is 0 Å². The van der Waals surface area contributed by atoms with Crippen molar-refractivity contribution >= 4 is 18.1 Å². The topological polar surface area (TPSA) is 37.4 Å². The van der Waals surface area contributed by atoms with Gasteiger partial charge in [0.15, 0.2) is 0 Å². The van der Waals surface area contributed by atoms with Crippen LogP contribution < -0.4 is 0 Å². The Morgan fingerprint density at radius 1 is 1.09 bits per heavy atom. The zero-order valence-electron chi connectivity index (χ0n) is 13.9. The quantitative estimate of drug-likeness (QED) is 0.484. The van der Waals surface area contributed by atoms with Crippen LogP contribution in [0.2, 0.25) is 19.6 Å². The third kappa shape index (κ3) is 5.59. The molecule has 0 saturated heterocycles. The van der Waals surface area contributed by atoms with Gasteiger partial charge in [0.05, 0.1) is 4.90 Å². The van der Waals surface area contributed by atoms with Gasteiger partial charge >= 0.3 is 0 Å². The number of hydrogen-bond donors (Lipinski definition) is 0. The van der Waals surface area contributed by atoms with E-state index in [9.17, 15) is 8.42 Å². The lowest BCUT2D eigenvalue weighted by Gasteiger charge is -2.15. The normalized spacial score (nSPS) is 11.0. The number of nitrogens with zero attached hydrogens (tertiary/aromatic N) is 1. The van der Waals surface area contributed by atoms with E-state index in [0.29, 0.717) is 6.42 Å². The van der Waals surface area contributed by atoms with Crippen molar-refractivity contribution in [3.05, 3.63) is 29.8 Å². The van der Waals surface area contributed by atoms with Crippen LogP contribution in [-0.2, 0) is 10.0 Å². The highest BCUT2D eigenvalue weighted by molar-refractivity contribution is 7.89. The van der Waals surface area contributed by atoms with Crippen molar-refractivity contribution in [1.82, 2.24) is 4.31 Å². The van der Waals surface area contributed by atoms with E-state index in [-0.39, 0.29) is 11.4 Å². The average molecular weight is 334 g/mol. The van der Waals surface area contributed by atoms with E-state index >= 15 is 0 Å². The molecule has 0 fully saturated rings. The summed E-state index contributed by atoms with van der Waals surface area (Å²) in [5.41, 5.74) is 4.19. The Morgan fingerprint density at radius 2 is 1.68 bits per heavy atom. The number of sulfonamides is 1. The van der Waals surface area contributed by atoms with Gasteiger partial charge in [-0.1, -0.05) is 56.1 Å². The average Bonchev–Trinajstić information content (AvgIpc) is 2.41. The summed E-state index contributed by atoms with van der Waals surface area (Å²) in [6.07, 6.45) is 0.599. The fraction of sp³-hybridized carbons (Fsp3) is 0.412. The third-order valence-electron chi connectivity index (χ3n) is 2.68. The molecule has 0 radical (unpaired) electrons. The van der Waals surface area contributed by atoms with Crippen LogP contribution in [-0.4, -0.2) is 27.3 Å². The molecule has 1 rings (SSSR count). The molecule has 0 aliphatic carbocycles. The molecule has 0 saturated carbocycles. The number of benzene rings is 1. The fourth-order valence-corrected chi connectivity index (χ4v) is 3.33. The van der Waals surface area contributed by atoms with Crippen molar-refractivity contribution in [2.24, 2.45) is 0 Å². The number of hydrogen-bond acceptors (Lipinski definition) is 2. The largest absolute Gasteiger partial charge is 0.271 e. The molecule has 1 aromatic rings. The standard InChI is InChI=1S/C17H23NO2SSi/c1-6-7-13-18(14-8-15-22(3,4)5)21(19,20)17-11-9-16(2)10-12-17/h9-12H,6,14H2,1-5H3. The van der Waals surface area contributed by atoms with Gasteiger partial charge in [-0.3, -0.25) is 0 Å². The van der Waals surface area contributed by atoms with Gasteiger partial charge in [-0.2, -0.15) is 0 Å². The second kappa shape index (κ2) is 7.53. The first-order chi connectivity index (χ1) is 10.2. The molecule has 0 atom stereocenters. The maximum Gasteiger partial charge on any atom is 0.271 e. The summed E-state index contributed by atoms with van der Waals surface area (Å²) in [6.45, 7) is 10.3. The van der Waals surface area contributed by atoms with Crippen molar-refractivity contribution in [3.8, 4) is 23.4 Å². The molecular formula is C17H23NO2SSi. The van der Waals surface area contributed by atoms with Crippen LogP contribution in [0.5, 0.6) is 0 Å². The number of aryl methyl sites for hydroxylation is 1. The van der Waals surface area contributed by atoms with Crippen molar-refractivity contribution in [1.29, 1.82) is 0 Å². The van der Waals surface area contributed by atoms with Crippen LogP contribution in [0.4, 0.5) is 0 Å². The molecule has 0 unspecified atom stereocenters. The van der Waals surface area contributed by atoms with E-state index in [0.717, 1.165) is 9.87 Å². The summed E-state index contributed by atoms with van der Waals surface area (Å²) in [4.78, 5) is 0.248. The van der Waals surface area contributed by atoms with Crippen LogP contribution >= 0.6 is 0 Å². The summed E-state index contributed by atoms with van der Waals surface area (Å²) in [5, 5.41) is 0. The Kier molecular flexibility index (Phi) is 6.29. The first-order valence-electron chi connectivity index (χ1n) is 7.25. The van der Waals surface area contributed by atoms with E-state index in [4.69, 9.17) is 0 Å². The molecule has 0 amide bonds. The maximum atomic E-state index is 12.7. The zero-order chi connectivity index (χ0) is 16.8. The molecule has 0 bridgehead atoms. The lowest BCUT2D eigenvalue weighted by atomic mass is 10.2. The SMILES string of the molecule is CCC#CN(CC#C[Si](C)(C)C)S(=O)(=O)c1ccc(C)cc1. The van der Waals surface area contributed by atoms with E-state index in [1.807, 2.05) is 13.8 Å². The Bertz CT molecular complexity index is 723. The lowest BCUT2D eigenvalue weighted by molar-refractivity contribution is 0.535. The molecule has 3 nitrogen and oxygen atoms in total. The monoisotopic (exact) mass is 333 g/mol. The summed E-state index contributed by atoms with van der Waals surface area (Å²) in [5.74, 6) is 5.80. The molecule has 1 aromatic carbocycles. The molecule has 0 aliphatic heterocycles. The molecule has 0 N–H and O–H groups in total. The Labute approximate surface area is 135 Å². The highest BCUT2D eigenvalue weighted by Crippen LogP contribution is 2.15. The minimum absolute atomic E-state index is 0.105. The molecule has 5 heteroatoms. The Hall–Kier alpha value is -1.69. The third-order valence-corrected chi connectivity index (χ3v) is 5.27. The summed E-state index contributed by atoms with van der Waals surface area (Å²) in [7, 11) is -5.17. The van der Waals surface area contributed by atoms with Crippen molar-refractivity contribution in [2.45, 2.75) is 44.8 Å². The molecular weight excluding hydrogens is 310 g/mol. The second-order valence-corrected chi connectivity index (χ2v) is 12.6. The molecule has 0 spiro atoms. The van der Waals surface area contributed by atoms with Gasteiger partial charge in [-0.25, -0.2) is 12.7 Å². The smallest absolute Gasteiger partial charge is 0.212 e. The van der Waals surface area contributed by atoms with Gasteiger partial charge in [0, 0.05) is 12.5 Å². The first-order valence-corrected chi connectivity index (χ1v) is 12.2. The van der Waals surface area contributed by atoms with E-state index < -0.39 is 18.1 Å². The summed E-state index contributed by atoms with van der Waals surface area (Å²) >= 11 is 0. The van der Waals surface area contributed by atoms with Crippen LogP contribution in [0, 0.1) is 30.4 Å². The minimum Gasteiger partial charge on any atom is -0.212 e. The van der Waals surface area contributed by atoms with E-state index in [1.54, 1.807) is 24.3 Å². The number of rotatable bonds is 3. The summed E-state index contributed by atoms with van der Waals surface area (Å²) in [6, 6.07) is 9.50. The molecule has 22 heavy (non-hydrogen) atoms. The maximum absolute atomic E-state index is 12.7. The fourth-order valence-electron chi connectivity index (χ4n) is 1.57. The lowest BCUT2D eigenvalue weighted by Crippen LogP contribution is -2.27. The van der Waals surface area contributed by atoms with Crippen molar-refractivity contribution in [3.63, 3.8) is 0 Å². The predicted octanol–water partition coefficient (Wildman–Crippen LogP) is 3.24. The second-order valence-electron chi connectivity index (χ2n) is 6.02. The van der Waals surface area contributed by atoms with Gasteiger partial charge < -0.3 is 0 Å². The van der Waals surface area contributed by atoms with Gasteiger partial charge in [0.25, 0.3) is 10.0 Å². The molecule has 0 aromatic heterocycles. The van der Waals surface area contributed by atoms with Gasteiger partial charge in [-0.05, 0) is 19.1 Å². The van der Waals surface area contributed by atoms with Gasteiger partial charge in [0.1, 0.15) is 14.6 Å². The van der Waals surface area contributed by atoms with Crippen LogP contribution in [0.15, 0.2) is 29.2 Å². The van der Waals surface area contributed by atoms with Crippen LogP contribution in [0.1, 0.15) is 18.9 Å². The van der Waals surface area contributed by atoms with Gasteiger partial charge in [0.2, 0.25) is 0 Å². The van der Waals surface area contributed by atoms with Crippen LogP contribution in [0.3, 0.4) is 0 Å². The van der Waals surface area contributed by atoms with Crippen molar-refractivity contribution in [2.75, 3.05) is 6.54 Å². The van der Waals surface area contributed by atoms with Gasteiger partial charge in [-0.15, -0.1) is 5.54 Å². The highest BCUT2D eigenvalue weighted by Gasteiger charge is 2.21. The van der Waals surface area contributed by atoms with Crippen molar-refractivity contribution < 1.29 is 8.42 Å².